The van der Waals surface area contributed by atoms with Crippen molar-refractivity contribution in [1.82, 2.24) is 4.98 Å². The molecule has 2 aromatic heterocycles. The van der Waals surface area contributed by atoms with E-state index in [4.69, 9.17) is 4.42 Å². The minimum absolute atomic E-state index is 0.111. The van der Waals surface area contributed by atoms with E-state index in [-0.39, 0.29) is 17.2 Å². The van der Waals surface area contributed by atoms with Crippen molar-refractivity contribution in [2.24, 2.45) is 0 Å². The van der Waals surface area contributed by atoms with Gasteiger partial charge in [0, 0.05) is 16.7 Å². The van der Waals surface area contributed by atoms with Crippen molar-refractivity contribution in [3.05, 3.63) is 92.9 Å². The van der Waals surface area contributed by atoms with Gasteiger partial charge in [0.05, 0.1) is 22.8 Å². The molecule has 2 heterocycles. The second kappa shape index (κ2) is 8.39. The van der Waals surface area contributed by atoms with Crippen LogP contribution < -0.4 is 10.7 Å². The van der Waals surface area contributed by atoms with Crippen LogP contribution in [0.4, 0.5) is 18.9 Å². The zero-order valence-electron chi connectivity index (χ0n) is 18.7. The Hall–Kier alpha value is -3.61. The SMILES string of the molecule is Cc1cc(C(C)Nc2ccc(C(F)(F)F)nc2C)c2oc(-c3ccccc3)c(C)c(=O)c2c1. The van der Waals surface area contributed by atoms with Gasteiger partial charge in [0.1, 0.15) is 17.0 Å². The van der Waals surface area contributed by atoms with Crippen molar-refractivity contribution in [3.63, 3.8) is 0 Å². The summed E-state index contributed by atoms with van der Waals surface area (Å²) < 4.78 is 45.2. The highest BCUT2D eigenvalue weighted by molar-refractivity contribution is 5.84. The highest BCUT2D eigenvalue weighted by Gasteiger charge is 2.32. The minimum Gasteiger partial charge on any atom is -0.455 e. The van der Waals surface area contributed by atoms with E-state index in [0.717, 1.165) is 22.8 Å². The molecular weight excluding hydrogens is 429 g/mol. The largest absolute Gasteiger partial charge is 0.455 e. The molecule has 0 saturated carbocycles. The zero-order chi connectivity index (χ0) is 23.9. The Morgan fingerprint density at radius 3 is 2.33 bits per heavy atom. The smallest absolute Gasteiger partial charge is 0.433 e. The van der Waals surface area contributed by atoms with E-state index in [1.807, 2.05) is 50.2 Å². The van der Waals surface area contributed by atoms with Gasteiger partial charge in [0.25, 0.3) is 0 Å². The summed E-state index contributed by atoms with van der Waals surface area (Å²) in [6, 6.07) is 15.1. The fourth-order valence-corrected chi connectivity index (χ4v) is 3.94. The van der Waals surface area contributed by atoms with Crippen LogP contribution >= 0.6 is 0 Å². The standard InChI is InChI=1S/C26H23F3N2O2/c1-14-12-19(16(3)30-21-10-11-22(26(27,28)29)31-17(21)4)25-20(13-14)23(32)15(2)24(33-25)18-8-6-5-7-9-18/h5-13,16,30H,1-4H3. The number of aromatic nitrogens is 1. The maximum absolute atomic E-state index is 13.2. The summed E-state index contributed by atoms with van der Waals surface area (Å²) in [5.74, 6) is 0.498. The van der Waals surface area contributed by atoms with Crippen molar-refractivity contribution >= 4 is 16.7 Å². The number of halogens is 3. The van der Waals surface area contributed by atoms with Gasteiger partial charge >= 0.3 is 6.18 Å². The number of hydrogen-bond donors (Lipinski definition) is 1. The van der Waals surface area contributed by atoms with Crippen LogP contribution in [0.1, 0.15) is 41.0 Å². The molecule has 0 amide bonds. The molecule has 0 fully saturated rings. The molecule has 1 N–H and O–H groups in total. The lowest BCUT2D eigenvalue weighted by Gasteiger charge is -2.20. The highest BCUT2D eigenvalue weighted by atomic mass is 19.4. The molecule has 0 spiro atoms. The topological polar surface area (TPSA) is 55.1 Å². The first-order valence-corrected chi connectivity index (χ1v) is 10.5. The van der Waals surface area contributed by atoms with Crippen LogP contribution in [0.5, 0.6) is 0 Å². The molecule has 170 valence electrons. The van der Waals surface area contributed by atoms with Gasteiger partial charge in [-0.2, -0.15) is 13.2 Å². The summed E-state index contributed by atoms with van der Waals surface area (Å²) in [4.78, 5) is 16.9. The number of benzene rings is 2. The summed E-state index contributed by atoms with van der Waals surface area (Å²) >= 11 is 0. The number of alkyl halides is 3. The fourth-order valence-electron chi connectivity index (χ4n) is 3.94. The normalized spacial score (nSPS) is 12.7. The molecule has 0 aliphatic carbocycles. The van der Waals surface area contributed by atoms with Gasteiger partial charge < -0.3 is 9.73 Å². The lowest BCUT2D eigenvalue weighted by Crippen LogP contribution is -2.14. The van der Waals surface area contributed by atoms with Crippen LogP contribution in [0, 0.1) is 20.8 Å². The number of rotatable bonds is 4. The predicted octanol–water partition coefficient (Wildman–Crippen LogP) is 6.97. The molecule has 4 aromatic rings. The van der Waals surface area contributed by atoms with E-state index in [0.29, 0.717) is 28.0 Å². The number of nitrogens with zero attached hydrogens (tertiary/aromatic N) is 1. The average Bonchev–Trinajstić information content (AvgIpc) is 2.77. The Morgan fingerprint density at radius 2 is 1.70 bits per heavy atom. The van der Waals surface area contributed by atoms with Crippen molar-refractivity contribution in [1.29, 1.82) is 0 Å². The summed E-state index contributed by atoms with van der Waals surface area (Å²) in [5.41, 5.74) is 3.04. The molecule has 1 unspecified atom stereocenters. The van der Waals surface area contributed by atoms with Gasteiger partial charge in [0.2, 0.25) is 0 Å². The van der Waals surface area contributed by atoms with E-state index >= 15 is 0 Å². The first kappa shape index (κ1) is 22.6. The maximum atomic E-state index is 13.2. The second-order valence-electron chi connectivity index (χ2n) is 8.18. The van der Waals surface area contributed by atoms with Crippen molar-refractivity contribution in [3.8, 4) is 11.3 Å². The van der Waals surface area contributed by atoms with Crippen molar-refractivity contribution in [2.75, 3.05) is 5.32 Å². The molecule has 4 nitrogen and oxygen atoms in total. The van der Waals surface area contributed by atoms with E-state index in [1.165, 1.54) is 13.0 Å². The van der Waals surface area contributed by atoms with Crippen molar-refractivity contribution in [2.45, 2.75) is 39.9 Å². The van der Waals surface area contributed by atoms with Crippen LogP contribution in [-0.2, 0) is 6.18 Å². The molecule has 0 aliphatic rings. The van der Waals surface area contributed by atoms with E-state index in [2.05, 4.69) is 10.3 Å². The van der Waals surface area contributed by atoms with E-state index in [1.54, 1.807) is 13.0 Å². The highest BCUT2D eigenvalue weighted by Crippen LogP contribution is 2.33. The third-order valence-electron chi connectivity index (χ3n) is 5.64. The Labute approximate surface area is 189 Å². The molecule has 2 aromatic carbocycles. The predicted molar refractivity (Wildman–Crippen MR) is 123 cm³/mol. The number of fused-ring (bicyclic) bond motifs is 1. The molecular formula is C26H23F3N2O2. The van der Waals surface area contributed by atoms with Crippen LogP contribution in [0.3, 0.4) is 0 Å². The molecule has 0 radical (unpaired) electrons. The summed E-state index contributed by atoms with van der Waals surface area (Å²) in [6.07, 6.45) is -4.50. The Balaban J connectivity index is 1.82. The number of nitrogens with one attached hydrogen (secondary N) is 1. The Bertz CT molecular complexity index is 1390. The van der Waals surface area contributed by atoms with Crippen LogP contribution in [-0.4, -0.2) is 4.98 Å². The molecule has 0 aliphatic heterocycles. The van der Waals surface area contributed by atoms with Gasteiger partial charge in [-0.05, 0) is 51.5 Å². The number of aryl methyl sites for hydroxylation is 2. The van der Waals surface area contributed by atoms with Gasteiger partial charge in [-0.3, -0.25) is 4.79 Å². The molecule has 1 atom stereocenters. The molecule has 4 rings (SSSR count). The first-order valence-electron chi connectivity index (χ1n) is 10.5. The lowest BCUT2D eigenvalue weighted by atomic mass is 9.98. The van der Waals surface area contributed by atoms with Crippen LogP contribution in [0.2, 0.25) is 0 Å². The maximum Gasteiger partial charge on any atom is 0.433 e. The summed E-state index contributed by atoms with van der Waals surface area (Å²) in [6.45, 7) is 7.03. The van der Waals surface area contributed by atoms with Gasteiger partial charge in [-0.25, -0.2) is 4.98 Å². The minimum atomic E-state index is -4.50. The zero-order valence-corrected chi connectivity index (χ0v) is 18.7. The third kappa shape index (κ3) is 4.35. The average molecular weight is 452 g/mol. The fraction of sp³-hybridized carbons (Fsp3) is 0.231. The summed E-state index contributed by atoms with van der Waals surface area (Å²) in [7, 11) is 0. The summed E-state index contributed by atoms with van der Waals surface area (Å²) in [5, 5.41) is 3.70. The number of pyridine rings is 1. The first-order chi connectivity index (χ1) is 15.6. The lowest BCUT2D eigenvalue weighted by molar-refractivity contribution is -0.141. The van der Waals surface area contributed by atoms with Crippen LogP contribution in [0.15, 0.2) is 63.8 Å². The van der Waals surface area contributed by atoms with E-state index < -0.39 is 11.9 Å². The van der Waals surface area contributed by atoms with Crippen molar-refractivity contribution < 1.29 is 17.6 Å². The Morgan fingerprint density at radius 1 is 1.00 bits per heavy atom. The Kier molecular flexibility index (Phi) is 5.74. The monoisotopic (exact) mass is 452 g/mol. The number of anilines is 1. The van der Waals surface area contributed by atoms with Gasteiger partial charge in [-0.1, -0.05) is 36.4 Å². The number of hydrogen-bond acceptors (Lipinski definition) is 4. The molecule has 33 heavy (non-hydrogen) atoms. The van der Waals surface area contributed by atoms with Gasteiger partial charge in [0.15, 0.2) is 5.43 Å². The molecule has 0 saturated heterocycles. The van der Waals surface area contributed by atoms with E-state index in [9.17, 15) is 18.0 Å². The van der Waals surface area contributed by atoms with Gasteiger partial charge in [-0.15, -0.1) is 0 Å². The third-order valence-corrected chi connectivity index (χ3v) is 5.64. The quantitative estimate of drug-likeness (QED) is 0.363. The second-order valence-corrected chi connectivity index (χ2v) is 8.18. The molecule has 7 heteroatoms. The van der Waals surface area contributed by atoms with Crippen LogP contribution in [0.25, 0.3) is 22.3 Å². The molecule has 0 bridgehead atoms.